The van der Waals surface area contributed by atoms with Gasteiger partial charge in [-0.25, -0.2) is 4.79 Å². The molecule has 0 spiro atoms. The third kappa shape index (κ3) is 4.77. The van der Waals surface area contributed by atoms with Crippen molar-refractivity contribution in [1.82, 2.24) is 10.6 Å². The van der Waals surface area contributed by atoms with Crippen LogP contribution in [0, 0.1) is 0 Å². The first kappa shape index (κ1) is 15.4. The molecule has 0 saturated heterocycles. The predicted octanol–water partition coefficient (Wildman–Crippen LogP) is 2.10. The van der Waals surface area contributed by atoms with E-state index >= 15 is 0 Å². The molecule has 5 heteroatoms. The van der Waals surface area contributed by atoms with Gasteiger partial charge in [0.1, 0.15) is 0 Å². The number of carbonyl (C=O) groups excluding carboxylic acids is 1. The van der Waals surface area contributed by atoms with Gasteiger partial charge >= 0.3 is 12.0 Å². The van der Waals surface area contributed by atoms with Gasteiger partial charge in [-0.3, -0.25) is 4.79 Å². The number of hydrogen-bond acceptors (Lipinski definition) is 2. The van der Waals surface area contributed by atoms with Crippen molar-refractivity contribution < 1.29 is 14.7 Å². The molecule has 2 amide bonds. The monoisotopic (exact) mass is 290 g/mol. The maximum atomic E-state index is 11.9. The van der Waals surface area contributed by atoms with Crippen molar-refractivity contribution in [2.24, 2.45) is 0 Å². The average Bonchev–Trinajstić information content (AvgIpc) is 2.79. The quantitative estimate of drug-likeness (QED) is 0.750. The van der Waals surface area contributed by atoms with Gasteiger partial charge in [-0.2, -0.15) is 0 Å². The van der Waals surface area contributed by atoms with Crippen LogP contribution in [0.1, 0.15) is 37.3 Å². The van der Waals surface area contributed by atoms with E-state index < -0.39 is 5.97 Å². The summed E-state index contributed by atoms with van der Waals surface area (Å²) < 4.78 is 0. The first-order chi connectivity index (χ1) is 10.0. The van der Waals surface area contributed by atoms with Gasteiger partial charge in [0.05, 0.1) is 0 Å². The summed E-state index contributed by atoms with van der Waals surface area (Å²) in [5.41, 5.74) is 2.61. The topological polar surface area (TPSA) is 78.4 Å². The second-order valence-corrected chi connectivity index (χ2v) is 5.68. The average molecular weight is 290 g/mol. The number of hydrogen-bond donors (Lipinski definition) is 3. The SMILES string of the molecule is CC(CCCC(=O)O)NC(=O)NC1Cc2ccccc2C1. The van der Waals surface area contributed by atoms with E-state index in [2.05, 4.69) is 22.8 Å². The van der Waals surface area contributed by atoms with Crippen molar-refractivity contribution >= 4 is 12.0 Å². The molecule has 0 radical (unpaired) electrons. The summed E-state index contributed by atoms with van der Waals surface area (Å²) in [5.74, 6) is -0.796. The molecule has 114 valence electrons. The second kappa shape index (κ2) is 7.11. The van der Waals surface area contributed by atoms with Crippen molar-refractivity contribution in [2.75, 3.05) is 0 Å². The van der Waals surface area contributed by atoms with Gasteiger partial charge < -0.3 is 15.7 Å². The molecule has 1 aromatic carbocycles. The number of carboxylic acid groups (broad SMARTS) is 1. The Kier molecular flexibility index (Phi) is 5.20. The van der Waals surface area contributed by atoms with Crippen molar-refractivity contribution in [1.29, 1.82) is 0 Å². The van der Waals surface area contributed by atoms with Crippen LogP contribution >= 0.6 is 0 Å². The van der Waals surface area contributed by atoms with Crippen LogP contribution < -0.4 is 10.6 Å². The molecule has 1 unspecified atom stereocenters. The Morgan fingerprint density at radius 3 is 2.48 bits per heavy atom. The summed E-state index contributed by atoms with van der Waals surface area (Å²) in [4.78, 5) is 22.4. The number of fused-ring (bicyclic) bond motifs is 1. The van der Waals surface area contributed by atoms with Gasteiger partial charge in [-0.15, -0.1) is 0 Å². The molecule has 0 bridgehead atoms. The largest absolute Gasteiger partial charge is 0.481 e. The molecule has 21 heavy (non-hydrogen) atoms. The van der Waals surface area contributed by atoms with E-state index in [1.807, 2.05) is 19.1 Å². The lowest BCUT2D eigenvalue weighted by molar-refractivity contribution is -0.137. The van der Waals surface area contributed by atoms with Crippen LogP contribution in [0.15, 0.2) is 24.3 Å². The highest BCUT2D eigenvalue weighted by Crippen LogP contribution is 2.21. The van der Waals surface area contributed by atoms with Crippen molar-refractivity contribution in [3.05, 3.63) is 35.4 Å². The molecule has 5 nitrogen and oxygen atoms in total. The molecule has 0 fully saturated rings. The van der Waals surface area contributed by atoms with E-state index in [1.165, 1.54) is 11.1 Å². The minimum absolute atomic E-state index is 0.0203. The van der Waals surface area contributed by atoms with Gasteiger partial charge in [0.25, 0.3) is 0 Å². The highest BCUT2D eigenvalue weighted by Gasteiger charge is 2.22. The van der Waals surface area contributed by atoms with E-state index in [-0.39, 0.29) is 24.5 Å². The van der Waals surface area contributed by atoms with Gasteiger partial charge in [0, 0.05) is 18.5 Å². The van der Waals surface area contributed by atoms with Gasteiger partial charge in [0.2, 0.25) is 0 Å². The van der Waals surface area contributed by atoms with Crippen LogP contribution in [-0.2, 0) is 17.6 Å². The standard InChI is InChI=1S/C16H22N2O3/c1-11(5-4-8-15(19)20)17-16(21)18-14-9-12-6-2-3-7-13(12)10-14/h2-3,6-7,11,14H,4-5,8-10H2,1H3,(H,19,20)(H2,17,18,21). The molecule has 0 heterocycles. The molecule has 1 atom stereocenters. The van der Waals surface area contributed by atoms with Crippen molar-refractivity contribution in [3.63, 3.8) is 0 Å². The van der Waals surface area contributed by atoms with Crippen LogP contribution in [-0.4, -0.2) is 29.2 Å². The molecule has 1 aromatic rings. The maximum Gasteiger partial charge on any atom is 0.315 e. The molecular weight excluding hydrogens is 268 g/mol. The molecule has 2 rings (SSSR count). The van der Waals surface area contributed by atoms with Crippen LogP contribution in [0.25, 0.3) is 0 Å². The highest BCUT2D eigenvalue weighted by atomic mass is 16.4. The number of aliphatic carboxylic acids is 1. The summed E-state index contributed by atoms with van der Waals surface area (Å²) in [7, 11) is 0. The zero-order valence-electron chi connectivity index (χ0n) is 12.3. The van der Waals surface area contributed by atoms with Crippen LogP contribution in [0.5, 0.6) is 0 Å². The Morgan fingerprint density at radius 2 is 1.90 bits per heavy atom. The normalized spacial score (nSPS) is 15.3. The first-order valence-electron chi connectivity index (χ1n) is 7.40. The number of carbonyl (C=O) groups is 2. The van der Waals surface area contributed by atoms with Crippen molar-refractivity contribution in [2.45, 2.75) is 51.1 Å². The number of benzene rings is 1. The van der Waals surface area contributed by atoms with E-state index in [0.717, 1.165) is 12.8 Å². The first-order valence-corrected chi connectivity index (χ1v) is 7.40. The summed E-state index contributed by atoms with van der Waals surface area (Å²) >= 11 is 0. The minimum Gasteiger partial charge on any atom is -0.481 e. The molecular formula is C16H22N2O3. The Labute approximate surface area is 124 Å². The van der Waals surface area contributed by atoms with Crippen molar-refractivity contribution in [3.8, 4) is 0 Å². The predicted molar refractivity (Wildman–Crippen MR) is 80.3 cm³/mol. The smallest absolute Gasteiger partial charge is 0.315 e. The van der Waals surface area contributed by atoms with E-state index in [4.69, 9.17) is 5.11 Å². The second-order valence-electron chi connectivity index (χ2n) is 5.68. The minimum atomic E-state index is -0.796. The number of amides is 2. The third-order valence-corrected chi connectivity index (χ3v) is 3.79. The summed E-state index contributed by atoms with van der Waals surface area (Å²) in [5, 5.41) is 14.4. The zero-order valence-corrected chi connectivity index (χ0v) is 12.3. The molecule has 0 aliphatic heterocycles. The number of nitrogens with one attached hydrogen (secondary N) is 2. The fraction of sp³-hybridized carbons (Fsp3) is 0.500. The Hall–Kier alpha value is -2.04. The Bertz CT molecular complexity index is 491. The Morgan fingerprint density at radius 1 is 1.29 bits per heavy atom. The molecule has 0 aromatic heterocycles. The lowest BCUT2D eigenvalue weighted by atomic mass is 10.1. The zero-order chi connectivity index (χ0) is 15.2. The Balaban J connectivity index is 1.70. The van der Waals surface area contributed by atoms with Crippen LogP contribution in [0.4, 0.5) is 4.79 Å². The summed E-state index contributed by atoms with van der Waals surface area (Å²) in [6, 6.07) is 8.20. The van der Waals surface area contributed by atoms with E-state index in [0.29, 0.717) is 12.8 Å². The highest BCUT2D eigenvalue weighted by molar-refractivity contribution is 5.74. The van der Waals surface area contributed by atoms with Gasteiger partial charge in [-0.05, 0) is 43.7 Å². The van der Waals surface area contributed by atoms with Crippen LogP contribution in [0.2, 0.25) is 0 Å². The molecule has 3 N–H and O–H groups in total. The molecule has 0 saturated carbocycles. The van der Waals surface area contributed by atoms with E-state index in [9.17, 15) is 9.59 Å². The van der Waals surface area contributed by atoms with Gasteiger partial charge in [0.15, 0.2) is 0 Å². The van der Waals surface area contributed by atoms with Gasteiger partial charge in [-0.1, -0.05) is 24.3 Å². The maximum absolute atomic E-state index is 11.9. The third-order valence-electron chi connectivity index (χ3n) is 3.79. The summed E-state index contributed by atoms with van der Waals surface area (Å²) in [6.07, 6.45) is 3.13. The lowest BCUT2D eigenvalue weighted by Gasteiger charge is -2.17. The number of carboxylic acids is 1. The number of urea groups is 1. The van der Waals surface area contributed by atoms with E-state index in [1.54, 1.807) is 0 Å². The lowest BCUT2D eigenvalue weighted by Crippen LogP contribution is -2.45. The fourth-order valence-corrected chi connectivity index (χ4v) is 2.74. The van der Waals surface area contributed by atoms with Crippen LogP contribution in [0.3, 0.4) is 0 Å². The summed E-state index contributed by atoms with van der Waals surface area (Å²) in [6.45, 7) is 1.89. The fourth-order valence-electron chi connectivity index (χ4n) is 2.74. The molecule has 1 aliphatic rings. The molecule has 1 aliphatic carbocycles. The number of rotatable bonds is 6.